The molecular weight excluding hydrogens is 260 g/mol. The molecule has 0 aromatic carbocycles. The van der Waals surface area contributed by atoms with Crippen LogP contribution in [0.2, 0.25) is 0 Å². The van der Waals surface area contributed by atoms with Crippen molar-refractivity contribution in [3.8, 4) is 0 Å². The van der Waals surface area contributed by atoms with Gasteiger partial charge < -0.3 is 10.2 Å². The van der Waals surface area contributed by atoms with Crippen LogP contribution < -0.4 is 10.2 Å². The van der Waals surface area contributed by atoms with Gasteiger partial charge in [-0.05, 0) is 52.2 Å². The zero-order valence-corrected chi connectivity index (χ0v) is 14.0. The third kappa shape index (κ3) is 4.95. The summed E-state index contributed by atoms with van der Waals surface area (Å²) in [6, 6.07) is 4.87. The van der Waals surface area contributed by atoms with Crippen LogP contribution in [0.3, 0.4) is 0 Å². The van der Waals surface area contributed by atoms with Gasteiger partial charge in [-0.1, -0.05) is 19.8 Å². The summed E-state index contributed by atoms with van der Waals surface area (Å²) in [7, 11) is 0. The molecule has 0 bridgehead atoms. The second-order valence-electron chi connectivity index (χ2n) is 7.09. The number of rotatable bonds is 4. The highest BCUT2D eigenvalue weighted by atomic mass is 15.3. The SMILES string of the molecule is CCC1CCCCCN1c1ccc(CNC(C)(C)C)nn1. The van der Waals surface area contributed by atoms with Crippen LogP contribution in [-0.4, -0.2) is 28.3 Å². The van der Waals surface area contributed by atoms with Crippen LogP contribution in [0.5, 0.6) is 0 Å². The maximum Gasteiger partial charge on any atom is 0.151 e. The molecule has 1 aromatic rings. The molecule has 1 unspecified atom stereocenters. The molecule has 0 spiro atoms. The summed E-state index contributed by atoms with van der Waals surface area (Å²) < 4.78 is 0. The van der Waals surface area contributed by atoms with E-state index < -0.39 is 0 Å². The molecule has 0 aliphatic carbocycles. The standard InChI is InChI=1S/C17H30N4/c1-5-15-9-7-6-8-12-21(15)16-11-10-14(19-20-16)13-18-17(2,3)4/h10-11,15,18H,5-9,12-13H2,1-4H3. The van der Waals surface area contributed by atoms with E-state index in [0.717, 1.165) is 24.6 Å². The summed E-state index contributed by atoms with van der Waals surface area (Å²) in [5, 5.41) is 12.3. The quantitative estimate of drug-likeness (QED) is 0.921. The van der Waals surface area contributed by atoms with Crippen molar-refractivity contribution in [3.63, 3.8) is 0 Å². The average molecular weight is 290 g/mol. The second kappa shape index (κ2) is 7.21. The van der Waals surface area contributed by atoms with Gasteiger partial charge in [-0.3, -0.25) is 0 Å². The number of anilines is 1. The van der Waals surface area contributed by atoms with Gasteiger partial charge in [0, 0.05) is 24.7 Å². The van der Waals surface area contributed by atoms with Gasteiger partial charge in [0.1, 0.15) is 0 Å². The fraction of sp³-hybridized carbons (Fsp3) is 0.765. The van der Waals surface area contributed by atoms with Crippen LogP contribution in [0.15, 0.2) is 12.1 Å². The van der Waals surface area contributed by atoms with E-state index in [2.05, 4.69) is 60.2 Å². The van der Waals surface area contributed by atoms with E-state index in [1.54, 1.807) is 0 Å². The van der Waals surface area contributed by atoms with Crippen molar-refractivity contribution in [3.05, 3.63) is 17.8 Å². The lowest BCUT2D eigenvalue weighted by Crippen LogP contribution is -2.36. The molecule has 1 N–H and O–H groups in total. The lowest BCUT2D eigenvalue weighted by Gasteiger charge is -2.30. The summed E-state index contributed by atoms with van der Waals surface area (Å²) >= 11 is 0. The first kappa shape index (κ1) is 16.2. The molecule has 2 heterocycles. The Hall–Kier alpha value is -1.16. The minimum Gasteiger partial charge on any atom is -0.352 e. The van der Waals surface area contributed by atoms with Gasteiger partial charge in [0.2, 0.25) is 0 Å². The Balaban J connectivity index is 2.03. The van der Waals surface area contributed by atoms with Crippen molar-refractivity contribution in [1.29, 1.82) is 0 Å². The lowest BCUT2D eigenvalue weighted by atomic mass is 10.1. The average Bonchev–Trinajstić information content (AvgIpc) is 2.70. The molecule has 1 atom stereocenters. The van der Waals surface area contributed by atoms with E-state index >= 15 is 0 Å². The van der Waals surface area contributed by atoms with Crippen LogP contribution in [-0.2, 0) is 6.54 Å². The molecule has 0 saturated carbocycles. The van der Waals surface area contributed by atoms with Crippen molar-refractivity contribution >= 4 is 5.82 Å². The Morgan fingerprint density at radius 2 is 2.00 bits per heavy atom. The van der Waals surface area contributed by atoms with E-state index in [9.17, 15) is 0 Å². The van der Waals surface area contributed by atoms with Crippen LogP contribution in [0.25, 0.3) is 0 Å². The summed E-state index contributed by atoms with van der Waals surface area (Å²) in [6.07, 6.45) is 6.43. The second-order valence-corrected chi connectivity index (χ2v) is 7.09. The molecule has 4 heteroatoms. The summed E-state index contributed by atoms with van der Waals surface area (Å²) in [4.78, 5) is 2.46. The maximum atomic E-state index is 4.48. The van der Waals surface area contributed by atoms with Crippen molar-refractivity contribution in [2.75, 3.05) is 11.4 Å². The van der Waals surface area contributed by atoms with Crippen LogP contribution in [0.1, 0.15) is 65.5 Å². The molecule has 1 saturated heterocycles. The predicted octanol–water partition coefficient (Wildman–Crippen LogP) is 3.52. The molecule has 4 nitrogen and oxygen atoms in total. The van der Waals surface area contributed by atoms with E-state index in [0.29, 0.717) is 6.04 Å². The topological polar surface area (TPSA) is 41.0 Å². The number of nitrogens with one attached hydrogen (secondary N) is 1. The first-order chi connectivity index (χ1) is 9.99. The van der Waals surface area contributed by atoms with Gasteiger partial charge in [-0.25, -0.2) is 0 Å². The number of aromatic nitrogens is 2. The number of hydrogen-bond acceptors (Lipinski definition) is 4. The zero-order chi connectivity index (χ0) is 15.3. The minimum absolute atomic E-state index is 0.110. The molecule has 1 aliphatic rings. The van der Waals surface area contributed by atoms with Crippen molar-refractivity contribution in [2.45, 2.75) is 77.9 Å². The third-order valence-corrected chi connectivity index (χ3v) is 4.15. The fourth-order valence-corrected chi connectivity index (χ4v) is 2.86. The highest BCUT2D eigenvalue weighted by Gasteiger charge is 2.21. The first-order valence-corrected chi connectivity index (χ1v) is 8.34. The Bertz CT molecular complexity index is 421. The summed E-state index contributed by atoms with van der Waals surface area (Å²) in [5.41, 5.74) is 1.12. The van der Waals surface area contributed by atoms with Gasteiger partial charge in [0.05, 0.1) is 5.69 Å². The van der Waals surface area contributed by atoms with Gasteiger partial charge >= 0.3 is 0 Å². The third-order valence-electron chi connectivity index (χ3n) is 4.15. The van der Waals surface area contributed by atoms with Crippen LogP contribution in [0, 0.1) is 0 Å². The monoisotopic (exact) mass is 290 g/mol. The highest BCUT2D eigenvalue weighted by Crippen LogP contribution is 2.23. The normalized spacial score (nSPS) is 20.4. The minimum atomic E-state index is 0.110. The summed E-state index contributed by atoms with van der Waals surface area (Å²) in [6.45, 7) is 10.7. The Labute approximate surface area is 129 Å². The van der Waals surface area contributed by atoms with E-state index in [-0.39, 0.29) is 5.54 Å². The Morgan fingerprint density at radius 3 is 2.62 bits per heavy atom. The molecule has 0 amide bonds. The van der Waals surface area contributed by atoms with Crippen LogP contribution in [0.4, 0.5) is 5.82 Å². The predicted molar refractivity (Wildman–Crippen MR) is 88.5 cm³/mol. The molecule has 0 radical (unpaired) electrons. The smallest absolute Gasteiger partial charge is 0.151 e. The van der Waals surface area contributed by atoms with E-state index in [1.165, 1.54) is 32.1 Å². The first-order valence-electron chi connectivity index (χ1n) is 8.34. The van der Waals surface area contributed by atoms with E-state index in [1.807, 2.05) is 0 Å². The molecular formula is C17H30N4. The molecule has 1 aliphatic heterocycles. The van der Waals surface area contributed by atoms with Gasteiger partial charge in [-0.2, -0.15) is 5.10 Å². The molecule has 1 fully saturated rings. The van der Waals surface area contributed by atoms with Crippen molar-refractivity contribution in [1.82, 2.24) is 15.5 Å². The highest BCUT2D eigenvalue weighted by molar-refractivity contribution is 5.39. The Morgan fingerprint density at radius 1 is 1.19 bits per heavy atom. The van der Waals surface area contributed by atoms with Crippen molar-refractivity contribution in [2.24, 2.45) is 0 Å². The molecule has 21 heavy (non-hydrogen) atoms. The largest absolute Gasteiger partial charge is 0.352 e. The molecule has 1 aromatic heterocycles. The summed E-state index contributed by atoms with van der Waals surface area (Å²) in [5.74, 6) is 1.04. The zero-order valence-electron chi connectivity index (χ0n) is 14.0. The Kier molecular flexibility index (Phi) is 5.57. The lowest BCUT2D eigenvalue weighted by molar-refractivity contribution is 0.420. The van der Waals surface area contributed by atoms with Crippen LogP contribution >= 0.6 is 0 Å². The van der Waals surface area contributed by atoms with Gasteiger partial charge in [0.15, 0.2) is 5.82 Å². The maximum absolute atomic E-state index is 4.48. The number of nitrogens with zero attached hydrogens (tertiary/aromatic N) is 3. The van der Waals surface area contributed by atoms with Gasteiger partial charge in [-0.15, -0.1) is 5.10 Å². The van der Waals surface area contributed by atoms with Gasteiger partial charge in [0.25, 0.3) is 0 Å². The van der Waals surface area contributed by atoms with E-state index in [4.69, 9.17) is 0 Å². The number of hydrogen-bond donors (Lipinski definition) is 1. The molecule has 2 rings (SSSR count). The fourth-order valence-electron chi connectivity index (χ4n) is 2.86. The molecule has 118 valence electrons. The van der Waals surface area contributed by atoms with Crippen molar-refractivity contribution < 1.29 is 0 Å².